The van der Waals surface area contributed by atoms with Gasteiger partial charge in [-0.25, -0.2) is 0 Å². The van der Waals surface area contributed by atoms with Gasteiger partial charge in [0.05, 0.1) is 10.8 Å². The predicted octanol–water partition coefficient (Wildman–Crippen LogP) is 3.85. The van der Waals surface area contributed by atoms with Gasteiger partial charge in [0, 0.05) is 9.77 Å². The van der Waals surface area contributed by atoms with Crippen LogP contribution in [-0.4, -0.2) is 17.1 Å². The van der Waals surface area contributed by atoms with Crippen LogP contribution in [0.3, 0.4) is 0 Å². The van der Waals surface area contributed by atoms with E-state index in [1.165, 1.54) is 23.1 Å². The maximum Gasteiger partial charge on any atom is 0.251 e. The van der Waals surface area contributed by atoms with Crippen LogP contribution in [0, 0.1) is 4.91 Å². The van der Waals surface area contributed by atoms with Gasteiger partial charge in [0.2, 0.25) is 5.91 Å². The van der Waals surface area contributed by atoms with Crippen LogP contribution < -0.4 is 11.1 Å². The first-order valence-corrected chi connectivity index (χ1v) is 9.54. The summed E-state index contributed by atoms with van der Waals surface area (Å²) in [5, 5.41) is 5.89. The number of thiophene rings is 1. The maximum atomic E-state index is 12.5. The standard InChI is InChI=1S/C17H17N3O3S2/c1-9(24-11-7-5-10(20-23)6-8-11)16(22)19-17-14(15(18)21)12-3-2-4-13(12)25-17/h5-9H,2-4H2,1H3,(H2,18,21)(H,19,22). The first-order chi connectivity index (χ1) is 12.0. The molecule has 3 rings (SSSR count). The topological polar surface area (TPSA) is 102 Å². The molecule has 0 bridgehead atoms. The second-order valence-electron chi connectivity index (χ2n) is 5.76. The highest BCUT2D eigenvalue weighted by Gasteiger charge is 2.27. The SMILES string of the molecule is CC(Sc1ccc(N=O)cc1)C(=O)Nc1sc2c(c1C(N)=O)CCC2. The molecular formula is C17H17N3O3S2. The third kappa shape index (κ3) is 3.74. The quantitative estimate of drug-likeness (QED) is 0.591. The summed E-state index contributed by atoms with van der Waals surface area (Å²) in [4.78, 5) is 36.7. The second kappa shape index (κ2) is 7.37. The molecule has 8 heteroatoms. The van der Waals surface area contributed by atoms with Crippen LogP contribution >= 0.6 is 23.1 Å². The summed E-state index contributed by atoms with van der Waals surface area (Å²) in [6.07, 6.45) is 2.78. The Morgan fingerprint density at radius 3 is 2.64 bits per heavy atom. The fourth-order valence-electron chi connectivity index (χ4n) is 2.81. The Kier molecular flexibility index (Phi) is 5.19. The van der Waals surface area contributed by atoms with Gasteiger partial charge in [-0.3, -0.25) is 9.59 Å². The molecule has 0 aliphatic heterocycles. The smallest absolute Gasteiger partial charge is 0.251 e. The molecule has 1 aromatic heterocycles. The van der Waals surface area contributed by atoms with Crippen molar-refractivity contribution in [1.29, 1.82) is 0 Å². The number of carbonyl (C=O) groups is 2. The molecule has 2 amide bonds. The first-order valence-electron chi connectivity index (χ1n) is 7.85. The molecule has 25 heavy (non-hydrogen) atoms. The average Bonchev–Trinajstić information content (AvgIpc) is 3.15. The highest BCUT2D eigenvalue weighted by molar-refractivity contribution is 8.00. The fraction of sp³-hybridized carbons (Fsp3) is 0.294. The van der Waals surface area contributed by atoms with E-state index in [4.69, 9.17) is 5.73 Å². The van der Waals surface area contributed by atoms with Gasteiger partial charge in [-0.1, -0.05) is 0 Å². The van der Waals surface area contributed by atoms with Crippen molar-refractivity contribution in [2.24, 2.45) is 10.9 Å². The van der Waals surface area contributed by atoms with Crippen LogP contribution in [0.15, 0.2) is 34.3 Å². The van der Waals surface area contributed by atoms with Crippen LogP contribution in [0.5, 0.6) is 0 Å². The molecule has 0 radical (unpaired) electrons. The summed E-state index contributed by atoms with van der Waals surface area (Å²) in [7, 11) is 0. The summed E-state index contributed by atoms with van der Waals surface area (Å²) in [6, 6.07) is 6.71. The number of amides is 2. The molecule has 1 heterocycles. The monoisotopic (exact) mass is 375 g/mol. The summed E-state index contributed by atoms with van der Waals surface area (Å²) in [5.41, 5.74) is 7.31. The minimum absolute atomic E-state index is 0.190. The molecule has 0 saturated heterocycles. The van der Waals surface area contributed by atoms with Crippen molar-refractivity contribution >= 4 is 45.6 Å². The maximum absolute atomic E-state index is 12.5. The van der Waals surface area contributed by atoms with E-state index in [1.54, 1.807) is 31.2 Å². The minimum atomic E-state index is -0.494. The van der Waals surface area contributed by atoms with Gasteiger partial charge >= 0.3 is 0 Å². The van der Waals surface area contributed by atoms with Crippen molar-refractivity contribution in [3.8, 4) is 0 Å². The molecule has 1 aromatic carbocycles. The minimum Gasteiger partial charge on any atom is -0.365 e. The molecule has 2 aromatic rings. The highest BCUT2D eigenvalue weighted by Crippen LogP contribution is 2.39. The lowest BCUT2D eigenvalue weighted by molar-refractivity contribution is -0.115. The number of nitrogens with one attached hydrogen (secondary N) is 1. The van der Waals surface area contributed by atoms with E-state index in [9.17, 15) is 14.5 Å². The van der Waals surface area contributed by atoms with E-state index >= 15 is 0 Å². The summed E-state index contributed by atoms with van der Waals surface area (Å²) in [5.74, 6) is -0.683. The lowest BCUT2D eigenvalue weighted by atomic mass is 10.1. The van der Waals surface area contributed by atoms with Crippen molar-refractivity contribution in [2.75, 3.05) is 5.32 Å². The molecule has 1 aliphatic rings. The largest absolute Gasteiger partial charge is 0.365 e. The Morgan fingerprint density at radius 2 is 2.00 bits per heavy atom. The van der Waals surface area contributed by atoms with Crippen molar-refractivity contribution in [3.05, 3.63) is 45.2 Å². The average molecular weight is 375 g/mol. The molecule has 1 aliphatic carbocycles. The zero-order valence-corrected chi connectivity index (χ0v) is 15.2. The van der Waals surface area contributed by atoms with Crippen molar-refractivity contribution in [2.45, 2.75) is 36.3 Å². The Morgan fingerprint density at radius 1 is 1.28 bits per heavy atom. The molecule has 3 N–H and O–H groups in total. The second-order valence-corrected chi connectivity index (χ2v) is 8.28. The Labute approximate surface area is 153 Å². The number of benzene rings is 1. The van der Waals surface area contributed by atoms with Crippen LogP contribution in [0.4, 0.5) is 10.7 Å². The van der Waals surface area contributed by atoms with Gasteiger partial charge in [-0.05, 0) is 61.2 Å². The van der Waals surface area contributed by atoms with E-state index in [0.29, 0.717) is 16.3 Å². The number of hydrogen-bond acceptors (Lipinski definition) is 6. The van der Waals surface area contributed by atoms with Crippen molar-refractivity contribution in [3.63, 3.8) is 0 Å². The van der Waals surface area contributed by atoms with Gasteiger partial charge in [-0.15, -0.1) is 28.0 Å². The lowest BCUT2D eigenvalue weighted by Gasteiger charge is -2.12. The summed E-state index contributed by atoms with van der Waals surface area (Å²) >= 11 is 2.81. The number of nitroso groups, excluding NO2 is 1. The molecular weight excluding hydrogens is 358 g/mol. The zero-order chi connectivity index (χ0) is 18.0. The van der Waals surface area contributed by atoms with Crippen molar-refractivity contribution in [1.82, 2.24) is 0 Å². The van der Waals surface area contributed by atoms with Crippen LogP contribution in [-0.2, 0) is 17.6 Å². The van der Waals surface area contributed by atoms with Gasteiger partial charge in [-0.2, -0.15) is 0 Å². The van der Waals surface area contributed by atoms with E-state index in [1.807, 2.05) is 0 Å². The Hall–Kier alpha value is -2.19. The molecule has 130 valence electrons. The fourth-order valence-corrected chi connectivity index (χ4v) is 4.97. The number of nitrogens with two attached hydrogens (primary N) is 1. The summed E-state index contributed by atoms with van der Waals surface area (Å²) < 4.78 is 0. The molecule has 0 saturated carbocycles. The number of aryl methyl sites for hydroxylation is 1. The van der Waals surface area contributed by atoms with Crippen molar-refractivity contribution < 1.29 is 9.59 Å². The van der Waals surface area contributed by atoms with Crippen LogP contribution in [0.1, 0.15) is 34.1 Å². The Balaban J connectivity index is 1.71. The third-order valence-electron chi connectivity index (χ3n) is 4.03. The number of thioether (sulfide) groups is 1. The van der Waals surface area contributed by atoms with Crippen LogP contribution in [0.25, 0.3) is 0 Å². The molecule has 0 fully saturated rings. The molecule has 6 nitrogen and oxygen atoms in total. The lowest BCUT2D eigenvalue weighted by Crippen LogP contribution is -2.24. The number of fused-ring (bicyclic) bond motifs is 1. The van der Waals surface area contributed by atoms with Gasteiger partial charge < -0.3 is 11.1 Å². The number of anilines is 1. The summed E-state index contributed by atoms with van der Waals surface area (Å²) in [6.45, 7) is 1.79. The predicted molar refractivity (Wildman–Crippen MR) is 101 cm³/mol. The third-order valence-corrected chi connectivity index (χ3v) is 6.35. The number of nitrogens with zero attached hydrogens (tertiary/aromatic N) is 1. The van der Waals surface area contributed by atoms with E-state index < -0.39 is 5.91 Å². The number of rotatable bonds is 6. The number of primary amides is 1. The molecule has 1 atom stereocenters. The number of carbonyl (C=O) groups excluding carboxylic acids is 2. The zero-order valence-electron chi connectivity index (χ0n) is 13.6. The highest BCUT2D eigenvalue weighted by atomic mass is 32.2. The normalized spacial score (nSPS) is 14.0. The molecule has 1 unspecified atom stereocenters. The number of hydrogen-bond donors (Lipinski definition) is 2. The molecule has 0 spiro atoms. The van der Waals surface area contributed by atoms with E-state index in [0.717, 1.165) is 34.6 Å². The van der Waals surface area contributed by atoms with E-state index in [-0.39, 0.29) is 11.2 Å². The van der Waals surface area contributed by atoms with Gasteiger partial charge in [0.15, 0.2) is 0 Å². The van der Waals surface area contributed by atoms with E-state index in [2.05, 4.69) is 10.5 Å². The Bertz CT molecular complexity index is 830. The van der Waals surface area contributed by atoms with Gasteiger partial charge in [0.1, 0.15) is 10.7 Å². The van der Waals surface area contributed by atoms with Gasteiger partial charge in [0.25, 0.3) is 5.91 Å². The first kappa shape index (κ1) is 17.6. The van der Waals surface area contributed by atoms with Crippen LogP contribution in [0.2, 0.25) is 0 Å².